The summed E-state index contributed by atoms with van der Waals surface area (Å²) in [5.41, 5.74) is 8.80. The second-order valence-corrected chi connectivity index (χ2v) is 6.67. The lowest BCUT2D eigenvalue weighted by atomic mass is 10.1. The van der Waals surface area contributed by atoms with Crippen LogP contribution >= 0.6 is 0 Å². The van der Waals surface area contributed by atoms with Crippen LogP contribution in [0.2, 0.25) is 0 Å². The standard InChI is InChI=1S/C20H21N7O2/c1-12(21)10-23-15-6-5-13(17-14(15)11-24-20(26-17)29-2)19(28)25-16-4-3-8-27-9-7-22-18(16)27/h3-9,11-12,23H,10,21H2,1-2H3,(H,25,28)/t12-/m0/s1. The number of anilines is 2. The maximum Gasteiger partial charge on any atom is 0.316 e. The molecular formula is C20H21N7O2. The van der Waals surface area contributed by atoms with Crippen molar-refractivity contribution in [3.63, 3.8) is 0 Å². The Kier molecular flexibility index (Phi) is 4.96. The Bertz CT molecular complexity index is 1190. The minimum Gasteiger partial charge on any atom is -0.467 e. The molecule has 4 rings (SSSR count). The highest BCUT2D eigenvalue weighted by molar-refractivity contribution is 6.14. The van der Waals surface area contributed by atoms with Gasteiger partial charge in [-0.05, 0) is 31.2 Å². The molecule has 0 saturated heterocycles. The summed E-state index contributed by atoms with van der Waals surface area (Å²) in [5.74, 6) is -0.300. The Labute approximate surface area is 166 Å². The lowest BCUT2D eigenvalue weighted by Crippen LogP contribution is -2.25. The predicted octanol–water partition coefficient (Wildman–Crippen LogP) is 2.30. The highest BCUT2D eigenvalue weighted by atomic mass is 16.5. The second-order valence-electron chi connectivity index (χ2n) is 6.67. The first-order chi connectivity index (χ1) is 14.1. The summed E-state index contributed by atoms with van der Waals surface area (Å²) < 4.78 is 6.99. The van der Waals surface area contributed by atoms with Gasteiger partial charge in [0.05, 0.1) is 23.9 Å². The molecular weight excluding hydrogens is 370 g/mol. The molecule has 148 valence electrons. The molecule has 0 aliphatic rings. The highest BCUT2D eigenvalue weighted by Crippen LogP contribution is 2.27. The summed E-state index contributed by atoms with van der Waals surface area (Å²) in [6.07, 6.45) is 7.00. The van der Waals surface area contributed by atoms with E-state index >= 15 is 0 Å². The molecule has 9 heteroatoms. The third-order valence-electron chi connectivity index (χ3n) is 4.44. The van der Waals surface area contributed by atoms with Crippen LogP contribution in [0, 0.1) is 0 Å². The number of imidazole rings is 1. The summed E-state index contributed by atoms with van der Waals surface area (Å²) in [5, 5.41) is 6.90. The van der Waals surface area contributed by atoms with Crippen LogP contribution < -0.4 is 21.1 Å². The lowest BCUT2D eigenvalue weighted by molar-refractivity contribution is 0.102. The van der Waals surface area contributed by atoms with Crippen LogP contribution in [0.3, 0.4) is 0 Å². The number of hydrogen-bond donors (Lipinski definition) is 3. The maximum atomic E-state index is 13.1. The van der Waals surface area contributed by atoms with Crippen molar-refractivity contribution >= 4 is 33.8 Å². The Balaban J connectivity index is 1.75. The van der Waals surface area contributed by atoms with Gasteiger partial charge in [-0.15, -0.1) is 0 Å². The number of methoxy groups -OCH3 is 1. The molecule has 4 N–H and O–H groups in total. The van der Waals surface area contributed by atoms with Gasteiger partial charge in [0.25, 0.3) is 5.91 Å². The van der Waals surface area contributed by atoms with Gasteiger partial charge in [-0.2, -0.15) is 4.98 Å². The summed E-state index contributed by atoms with van der Waals surface area (Å²) in [7, 11) is 1.48. The molecule has 9 nitrogen and oxygen atoms in total. The maximum absolute atomic E-state index is 13.1. The van der Waals surface area contributed by atoms with Gasteiger partial charge in [-0.1, -0.05) is 0 Å². The van der Waals surface area contributed by atoms with E-state index in [0.717, 1.165) is 5.69 Å². The van der Waals surface area contributed by atoms with E-state index in [2.05, 4.69) is 25.6 Å². The first-order valence-electron chi connectivity index (χ1n) is 9.13. The fourth-order valence-electron chi connectivity index (χ4n) is 3.05. The Morgan fingerprint density at radius 1 is 1.24 bits per heavy atom. The number of aromatic nitrogens is 4. The molecule has 29 heavy (non-hydrogen) atoms. The quantitative estimate of drug-likeness (QED) is 0.461. The summed E-state index contributed by atoms with van der Waals surface area (Å²) in [4.78, 5) is 26.0. The molecule has 3 heterocycles. The van der Waals surface area contributed by atoms with E-state index in [1.807, 2.05) is 35.9 Å². The van der Waals surface area contributed by atoms with Crippen LogP contribution in [-0.2, 0) is 0 Å². The zero-order valence-electron chi connectivity index (χ0n) is 16.1. The normalized spacial score (nSPS) is 12.1. The van der Waals surface area contributed by atoms with Crippen LogP contribution in [0.25, 0.3) is 16.6 Å². The minimum absolute atomic E-state index is 0.0257. The molecule has 0 unspecified atom stereocenters. The van der Waals surface area contributed by atoms with Crippen molar-refractivity contribution in [2.24, 2.45) is 5.73 Å². The molecule has 0 aliphatic heterocycles. The molecule has 0 radical (unpaired) electrons. The number of carbonyl (C=O) groups is 1. The van der Waals surface area contributed by atoms with Crippen LogP contribution in [0.5, 0.6) is 6.01 Å². The van der Waals surface area contributed by atoms with Gasteiger partial charge in [0.15, 0.2) is 5.65 Å². The number of ether oxygens (including phenoxy) is 1. The van der Waals surface area contributed by atoms with E-state index in [1.165, 1.54) is 7.11 Å². The zero-order chi connectivity index (χ0) is 20.4. The average Bonchev–Trinajstić information content (AvgIpc) is 3.21. The van der Waals surface area contributed by atoms with E-state index in [4.69, 9.17) is 10.5 Å². The predicted molar refractivity (Wildman–Crippen MR) is 111 cm³/mol. The first-order valence-corrected chi connectivity index (χ1v) is 9.13. The topological polar surface area (TPSA) is 119 Å². The number of benzene rings is 1. The zero-order valence-corrected chi connectivity index (χ0v) is 16.1. The van der Waals surface area contributed by atoms with E-state index in [-0.39, 0.29) is 18.0 Å². The highest BCUT2D eigenvalue weighted by Gasteiger charge is 2.17. The van der Waals surface area contributed by atoms with Crippen molar-refractivity contribution in [1.82, 2.24) is 19.4 Å². The van der Waals surface area contributed by atoms with Crippen LogP contribution in [0.4, 0.5) is 11.4 Å². The van der Waals surface area contributed by atoms with E-state index in [9.17, 15) is 4.79 Å². The van der Waals surface area contributed by atoms with Gasteiger partial charge >= 0.3 is 6.01 Å². The van der Waals surface area contributed by atoms with Gasteiger partial charge in [0, 0.05) is 48.4 Å². The first kappa shape index (κ1) is 18.6. The van der Waals surface area contributed by atoms with Crippen molar-refractivity contribution in [1.29, 1.82) is 0 Å². The van der Waals surface area contributed by atoms with Gasteiger partial charge < -0.3 is 25.5 Å². The van der Waals surface area contributed by atoms with Crippen LogP contribution in [0.15, 0.2) is 49.1 Å². The molecule has 1 aromatic carbocycles. The van der Waals surface area contributed by atoms with Crippen molar-refractivity contribution < 1.29 is 9.53 Å². The number of hydrogen-bond acceptors (Lipinski definition) is 7. The Hall–Kier alpha value is -3.72. The number of amides is 1. The number of fused-ring (bicyclic) bond motifs is 2. The third kappa shape index (κ3) is 3.67. The molecule has 1 atom stereocenters. The largest absolute Gasteiger partial charge is 0.467 e. The van der Waals surface area contributed by atoms with Gasteiger partial charge in [0.1, 0.15) is 0 Å². The Morgan fingerprint density at radius 3 is 2.90 bits per heavy atom. The molecule has 0 spiro atoms. The molecule has 0 fully saturated rings. The number of nitrogens with two attached hydrogens (primary N) is 1. The number of carbonyl (C=O) groups excluding carboxylic acids is 1. The SMILES string of the molecule is COc1ncc2c(NC[C@H](C)N)ccc(C(=O)Nc3cccn4ccnc34)c2n1. The van der Waals surface area contributed by atoms with Crippen LogP contribution in [-0.4, -0.2) is 45.0 Å². The van der Waals surface area contributed by atoms with E-state index in [0.29, 0.717) is 34.3 Å². The van der Waals surface area contributed by atoms with Gasteiger partial charge in [-0.25, -0.2) is 9.97 Å². The summed E-state index contributed by atoms with van der Waals surface area (Å²) >= 11 is 0. The number of nitrogens with one attached hydrogen (secondary N) is 2. The number of nitrogens with zero attached hydrogens (tertiary/aromatic N) is 4. The third-order valence-corrected chi connectivity index (χ3v) is 4.44. The van der Waals surface area contributed by atoms with Crippen molar-refractivity contribution in [3.8, 4) is 6.01 Å². The fourth-order valence-corrected chi connectivity index (χ4v) is 3.05. The molecule has 0 aliphatic carbocycles. The molecule has 0 saturated carbocycles. The minimum atomic E-state index is -0.300. The van der Waals surface area contributed by atoms with Crippen molar-refractivity contribution in [2.75, 3.05) is 24.3 Å². The van der Waals surface area contributed by atoms with Gasteiger partial charge in [-0.3, -0.25) is 4.79 Å². The molecule has 1 amide bonds. The molecule has 0 bridgehead atoms. The van der Waals surface area contributed by atoms with Gasteiger partial charge in [0.2, 0.25) is 0 Å². The second kappa shape index (κ2) is 7.72. The number of rotatable bonds is 6. The van der Waals surface area contributed by atoms with Crippen molar-refractivity contribution in [2.45, 2.75) is 13.0 Å². The fraction of sp³-hybridized carbons (Fsp3) is 0.200. The van der Waals surface area contributed by atoms with Crippen LogP contribution in [0.1, 0.15) is 17.3 Å². The van der Waals surface area contributed by atoms with E-state index < -0.39 is 0 Å². The molecule has 4 aromatic rings. The molecule has 3 aromatic heterocycles. The Morgan fingerprint density at radius 2 is 2.10 bits per heavy atom. The van der Waals surface area contributed by atoms with E-state index in [1.54, 1.807) is 24.5 Å². The summed E-state index contributed by atoms with van der Waals surface area (Å²) in [6.45, 7) is 2.49. The lowest BCUT2D eigenvalue weighted by Gasteiger charge is -2.14. The number of pyridine rings is 1. The smallest absolute Gasteiger partial charge is 0.316 e. The monoisotopic (exact) mass is 391 g/mol. The van der Waals surface area contributed by atoms with Crippen molar-refractivity contribution in [3.05, 3.63) is 54.6 Å². The summed E-state index contributed by atoms with van der Waals surface area (Å²) in [6, 6.07) is 7.35. The average molecular weight is 391 g/mol.